The van der Waals surface area contributed by atoms with Crippen LogP contribution in [0.4, 0.5) is 0 Å². The molecule has 0 aliphatic carbocycles. The van der Waals surface area contributed by atoms with Crippen molar-refractivity contribution in [2.75, 3.05) is 0 Å². The minimum atomic E-state index is -0.712. The van der Waals surface area contributed by atoms with Crippen LogP contribution in [0.3, 0.4) is 0 Å². The minimum absolute atomic E-state index is 0. The van der Waals surface area contributed by atoms with Crippen LogP contribution in [-0.4, -0.2) is 14.1 Å². The highest BCUT2D eigenvalue weighted by Crippen LogP contribution is 2.26. The van der Waals surface area contributed by atoms with Gasteiger partial charge in [0.15, 0.2) is 0 Å². The number of halogens is 1. The topological polar surface area (TPSA) is 26.0 Å². The Labute approximate surface area is 70.8 Å². The Balaban J connectivity index is 0.000000810. The third-order valence-electron chi connectivity index (χ3n) is 2.38. The van der Waals surface area contributed by atoms with Crippen molar-refractivity contribution in [1.29, 1.82) is 0 Å². The van der Waals surface area contributed by atoms with E-state index in [0.29, 0.717) is 6.04 Å². The third-order valence-corrected chi connectivity index (χ3v) is 5.67. The molecule has 62 valence electrons. The van der Waals surface area contributed by atoms with Crippen molar-refractivity contribution in [1.82, 2.24) is 0 Å². The summed E-state index contributed by atoms with van der Waals surface area (Å²) >= 11 is 0. The van der Waals surface area contributed by atoms with E-state index in [1.165, 1.54) is 24.9 Å². The summed E-state index contributed by atoms with van der Waals surface area (Å²) in [6.07, 6.45) is 2.58. The van der Waals surface area contributed by atoms with Crippen molar-refractivity contribution in [3.8, 4) is 0 Å². The van der Waals surface area contributed by atoms with E-state index in [2.05, 4.69) is 13.1 Å². The van der Waals surface area contributed by atoms with E-state index in [0.717, 1.165) is 0 Å². The Morgan fingerprint density at radius 1 is 1.20 bits per heavy atom. The predicted molar refractivity (Wildman–Crippen MR) is 44.3 cm³/mol. The van der Waals surface area contributed by atoms with Crippen LogP contribution in [0.5, 0.6) is 0 Å². The summed E-state index contributed by atoms with van der Waals surface area (Å²) in [6.45, 7) is 4.94. The predicted octanol–water partition coefficient (Wildman–Crippen LogP) is -1.18. The number of hydrogen-bond acceptors (Lipinski definition) is 1. The molecule has 1 rings (SSSR count). The van der Waals surface area contributed by atoms with E-state index >= 15 is 0 Å². The van der Waals surface area contributed by atoms with Crippen molar-refractivity contribution < 1.29 is 12.4 Å². The first-order chi connectivity index (χ1) is 4.10. The van der Waals surface area contributed by atoms with E-state index in [4.69, 9.17) is 5.73 Å². The Kier molecular flexibility index (Phi) is 3.92. The van der Waals surface area contributed by atoms with Crippen LogP contribution in [0.15, 0.2) is 0 Å². The van der Waals surface area contributed by atoms with Gasteiger partial charge >= 0.3 is 0 Å². The molecule has 0 amide bonds. The molecule has 1 heterocycles. The number of nitrogens with two attached hydrogens (primary N) is 1. The van der Waals surface area contributed by atoms with E-state index in [1.54, 1.807) is 0 Å². The molecule has 0 aromatic heterocycles. The van der Waals surface area contributed by atoms with Gasteiger partial charge in [-0.15, -0.1) is 0 Å². The van der Waals surface area contributed by atoms with Gasteiger partial charge in [0.25, 0.3) is 0 Å². The van der Waals surface area contributed by atoms with Gasteiger partial charge in [-0.1, -0.05) is 25.2 Å². The van der Waals surface area contributed by atoms with Crippen LogP contribution in [0.1, 0.15) is 12.8 Å². The molecule has 1 saturated heterocycles. The molecule has 0 unspecified atom stereocenters. The van der Waals surface area contributed by atoms with Gasteiger partial charge in [-0.05, 0) is 12.8 Å². The molecule has 0 saturated carbocycles. The smallest absolute Gasteiger partial charge is 0.0474 e. The van der Waals surface area contributed by atoms with Crippen LogP contribution >= 0.6 is 0 Å². The molecule has 0 atom stereocenters. The second kappa shape index (κ2) is 3.74. The zero-order chi connectivity index (χ0) is 6.91. The maximum Gasteiger partial charge on any atom is 0.0474 e. The molecule has 0 radical (unpaired) electrons. The zero-order valence-corrected chi connectivity index (χ0v) is 8.62. The van der Waals surface area contributed by atoms with Crippen molar-refractivity contribution in [3.63, 3.8) is 0 Å². The van der Waals surface area contributed by atoms with Gasteiger partial charge in [0, 0.05) is 14.1 Å². The quantitative estimate of drug-likeness (QED) is 0.465. The summed E-state index contributed by atoms with van der Waals surface area (Å²) in [5, 5.41) is 0. The maximum atomic E-state index is 5.78. The Hall–Kier alpha value is 0.467. The molecular formula is C7H17ClNSi-. The zero-order valence-electron chi connectivity index (χ0n) is 6.86. The first-order valence-corrected chi connectivity index (χ1v) is 7.27. The first kappa shape index (κ1) is 10.5. The third kappa shape index (κ3) is 3.04. The van der Waals surface area contributed by atoms with E-state index in [1.807, 2.05) is 0 Å². The Bertz CT molecular complexity index is 95.8. The molecule has 0 bridgehead atoms. The summed E-state index contributed by atoms with van der Waals surface area (Å²) in [5.41, 5.74) is 5.78. The number of rotatable bonds is 0. The lowest BCUT2D eigenvalue weighted by Gasteiger charge is -2.30. The molecule has 3 heteroatoms. The van der Waals surface area contributed by atoms with Gasteiger partial charge in [-0.25, -0.2) is 0 Å². The van der Waals surface area contributed by atoms with Crippen LogP contribution in [-0.2, 0) is 0 Å². The summed E-state index contributed by atoms with van der Waals surface area (Å²) in [5.74, 6) is 0. The second-order valence-electron chi connectivity index (χ2n) is 4.00. The van der Waals surface area contributed by atoms with Gasteiger partial charge in [0.05, 0.1) is 0 Å². The lowest BCUT2D eigenvalue weighted by molar-refractivity contribution is -0.00000231. The fraction of sp³-hybridized carbons (Fsp3) is 1.00. The molecule has 1 aliphatic rings. The Morgan fingerprint density at radius 2 is 1.60 bits per heavy atom. The van der Waals surface area contributed by atoms with Gasteiger partial charge in [0.2, 0.25) is 0 Å². The molecule has 0 aromatic carbocycles. The van der Waals surface area contributed by atoms with E-state index in [-0.39, 0.29) is 12.4 Å². The van der Waals surface area contributed by atoms with Crippen LogP contribution in [0.25, 0.3) is 0 Å². The standard InChI is InChI=1S/C7H17NSi.ClH/c1-9(2)5-3-7(8)4-6-9;/h7H,3-6,8H2,1-2H3;1H/p-1. The molecule has 10 heavy (non-hydrogen) atoms. The molecule has 1 fully saturated rings. The summed E-state index contributed by atoms with van der Waals surface area (Å²) in [7, 11) is -0.712. The molecule has 1 nitrogen and oxygen atoms in total. The molecule has 0 aromatic rings. The van der Waals surface area contributed by atoms with Crippen LogP contribution in [0.2, 0.25) is 25.2 Å². The molecular weight excluding hydrogens is 162 g/mol. The van der Waals surface area contributed by atoms with Crippen LogP contribution in [0, 0.1) is 0 Å². The van der Waals surface area contributed by atoms with Crippen molar-refractivity contribution in [2.45, 2.75) is 44.1 Å². The van der Waals surface area contributed by atoms with Gasteiger partial charge in [-0.2, -0.15) is 0 Å². The first-order valence-electron chi connectivity index (χ1n) is 3.86. The highest BCUT2D eigenvalue weighted by atomic mass is 35.5. The normalized spacial score (nSPS) is 25.5. The summed E-state index contributed by atoms with van der Waals surface area (Å²) in [4.78, 5) is 0. The van der Waals surface area contributed by atoms with E-state index < -0.39 is 8.07 Å². The van der Waals surface area contributed by atoms with Crippen molar-refractivity contribution in [3.05, 3.63) is 0 Å². The fourth-order valence-corrected chi connectivity index (χ4v) is 3.98. The molecule has 1 aliphatic heterocycles. The monoisotopic (exact) mass is 178 g/mol. The lowest BCUT2D eigenvalue weighted by atomic mass is 10.2. The largest absolute Gasteiger partial charge is 1.00 e. The maximum absolute atomic E-state index is 5.78. The average molecular weight is 179 g/mol. The van der Waals surface area contributed by atoms with Crippen molar-refractivity contribution in [2.24, 2.45) is 5.73 Å². The number of hydrogen-bond donors (Lipinski definition) is 1. The highest BCUT2D eigenvalue weighted by molar-refractivity contribution is 6.77. The van der Waals surface area contributed by atoms with Gasteiger partial charge < -0.3 is 18.1 Å². The summed E-state index contributed by atoms with van der Waals surface area (Å²) < 4.78 is 0. The Morgan fingerprint density at radius 3 is 1.90 bits per heavy atom. The van der Waals surface area contributed by atoms with E-state index in [9.17, 15) is 0 Å². The average Bonchev–Trinajstić information content (AvgIpc) is 1.78. The van der Waals surface area contributed by atoms with Crippen LogP contribution < -0.4 is 18.1 Å². The lowest BCUT2D eigenvalue weighted by Crippen LogP contribution is -3.00. The highest BCUT2D eigenvalue weighted by Gasteiger charge is 2.26. The fourth-order valence-electron chi connectivity index (χ4n) is 1.42. The minimum Gasteiger partial charge on any atom is -1.00 e. The van der Waals surface area contributed by atoms with Gasteiger partial charge in [0.1, 0.15) is 0 Å². The summed E-state index contributed by atoms with van der Waals surface area (Å²) in [6, 6.07) is 3.44. The van der Waals surface area contributed by atoms with Gasteiger partial charge in [-0.3, -0.25) is 0 Å². The molecule has 2 N–H and O–H groups in total. The second-order valence-corrected chi connectivity index (χ2v) is 9.33. The molecule has 0 spiro atoms. The SMILES string of the molecule is C[Si]1(C)CCC(N)CC1.[Cl-]. The van der Waals surface area contributed by atoms with Crippen molar-refractivity contribution >= 4 is 8.07 Å².